The molecule has 0 aromatic carbocycles. The van der Waals surface area contributed by atoms with Crippen LogP contribution in [0, 0.1) is 0 Å². The van der Waals surface area contributed by atoms with Gasteiger partial charge >= 0.3 is 0 Å². The molecule has 1 heterocycles. The molecule has 1 N–H and O–H groups in total. The van der Waals surface area contributed by atoms with Gasteiger partial charge in [0.1, 0.15) is 5.01 Å². The highest BCUT2D eigenvalue weighted by Crippen LogP contribution is 2.23. The van der Waals surface area contributed by atoms with Crippen molar-refractivity contribution < 1.29 is 0 Å². The van der Waals surface area contributed by atoms with Crippen LogP contribution in [0.1, 0.15) is 50.6 Å². The first kappa shape index (κ1) is 13.1. The van der Waals surface area contributed by atoms with E-state index in [-0.39, 0.29) is 0 Å². The van der Waals surface area contributed by atoms with Gasteiger partial charge in [0.15, 0.2) is 0 Å². The third-order valence-electron chi connectivity index (χ3n) is 2.35. The van der Waals surface area contributed by atoms with Crippen molar-refractivity contribution in [3.05, 3.63) is 15.0 Å². The molecule has 0 bridgehead atoms. The average Bonchev–Trinajstić information content (AvgIpc) is 2.64. The van der Waals surface area contributed by atoms with Gasteiger partial charge in [0.25, 0.3) is 0 Å². The third-order valence-corrected chi connectivity index (χ3v) is 4.01. The molecule has 1 aromatic rings. The van der Waals surface area contributed by atoms with Crippen molar-refractivity contribution in [1.29, 1.82) is 0 Å². The molecular formula is C11H19BrN2S. The van der Waals surface area contributed by atoms with Crippen LogP contribution in [-0.4, -0.2) is 11.5 Å². The molecule has 0 spiro atoms. The van der Waals surface area contributed by atoms with E-state index < -0.39 is 0 Å². The van der Waals surface area contributed by atoms with Crippen molar-refractivity contribution in [2.75, 3.05) is 6.54 Å². The van der Waals surface area contributed by atoms with E-state index in [4.69, 9.17) is 0 Å². The van der Waals surface area contributed by atoms with Crippen molar-refractivity contribution in [1.82, 2.24) is 10.3 Å². The fraction of sp³-hybridized carbons (Fsp3) is 0.727. The van der Waals surface area contributed by atoms with Gasteiger partial charge in [-0.3, -0.25) is 0 Å². The van der Waals surface area contributed by atoms with Gasteiger partial charge in [-0.2, -0.15) is 0 Å². The van der Waals surface area contributed by atoms with E-state index in [1.54, 1.807) is 11.3 Å². The Hall–Kier alpha value is 0.0700. The molecule has 0 saturated heterocycles. The molecule has 86 valence electrons. The van der Waals surface area contributed by atoms with Crippen molar-refractivity contribution in [3.63, 3.8) is 0 Å². The molecular weight excluding hydrogens is 272 g/mol. The summed E-state index contributed by atoms with van der Waals surface area (Å²) in [6, 6.07) is 0.378. The summed E-state index contributed by atoms with van der Waals surface area (Å²) in [5.41, 5.74) is 0. The lowest BCUT2D eigenvalue weighted by atomic mass is 10.2. The second-order valence-electron chi connectivity index (χ2n) is 3.74. The largest absolute Gasteiger partial charge is 0.308 e. The molecule has 0 aliphatic rings. The van der Waals surface area contributed by atoms with E-state index in [2.05, 4.69) is 40.1 Å². The lowest BCUT2D eigenvalue weighted by molar-refractivity contribution is 0.535. The Morgan fingerprint density at radius 1 is 1.47 bits per heavy atom. The number of thiazole rings is 1. The molecule has 0 aliphatic heterocycles. The fourth-order valence-electron chi connectivity index (χ4n) is 1.42. The smallest absolute Gasteiger partial charge is 0.110 e. The SMILES string of the molecule is CCCCCCNC(C)c1ncc(Br)s1. The Labute approximate surface area is 105 Å². The van der Waals surface area contributed by atoms with Crippen molar-refractivity contribution in [3.8, 4) is 0 Å². The van der Waals surface area contributed by atoms with Crippen LogP contribution in [-0.2, 0) is 0 Å². The number of rotatable bonds is 7. The van der Waals surface area contributed by atoms with Crippen LogP contribution in [0.4, 0.5) is 0 Å². The number of halogens is 1. The Kier molecular flexibility index (Phi) is 6.45. The summed E-state index contributed by atoms with van der Waals surface area (Å²) < 4.78 is 1.11. The summed E-state index contributed by atoms with van der Waals surface area (Å²) in [4.78, 5) is 4.34. The van der Waals surface area contributed by atoms with Gasteiger partial charge in [0.2, 0.25) is 0 Å². The molecule has 4 heteroatoms. The number of hydrogen-bond acceptors (Lipinski definition) is 3. The molecule has 0 radical (unpaired) electrons. The van der Waals surface area contributed by atoms with Crippen molar-refractivity contribution >= 4 is 27.3 Å². The van der Waals surface area contributed by atoms with Crippen LogP contribution in [0.15, 0.2) is 9.98 Å². The molecule has 1 rings (SSSR count). The average molecular weight is 291 g/mol. The van der Waals surface area contributed by atoms with E-state index in [9.17, 15) is 0 Å². The van der Waals surface area contributed by atoms with Gasteiger partial charge in [0, 0.05) is 0 Å². The Balaban J connectivity index is 2.16. The summed E-state index contributed by atoms with van der Waals surface area (Å²) in [5, 5.41) is 4.66. The van der Waals surface area contributed by atoms with E-state index in [1.807, 2.05) is 6.20 Å². The number of aromatic nitrogens is 1. The molecule has 1 atom stereocenters. The van der Waals surface area contributed by atoms with Crippen LogP contribution in [0.25, 0.3) is 0 Å². The minimum absolute atomic E-state index is 0.378. The topological polar surface area (TPSA) is 24.9 Å². The number of hydrogen-bond donors (Lipinski definition) is 1. The highest BCUT2D eigenvalue weighted by molar-refractivity contribution is 9.11. The first-order valence-corrected chi connectivity index (χ1v) is 7.19. The van der Waals surface area contributed by atoms with E-state index >= 15 is 0 Å². The monoisotopic (exact) mass is 290 g/mol. The quantitative estimate of drug-likeness (QED) is 0.764. The minimum atomic E-state index is 0.378. The van der Waals surface area contributed by atoms with Gasteiger partial charge < -0.3 is 5.32 Å². The van der Waals surface area contributed by atoms with Crippen molar-refractivity contribution in [2.24, 2.45) is 0 Å². The highest BCUT2D eigenvalue weighted by atomic mass is 79.9. The fourth-order valence-corrected chi connectivity index (χ4v) is 2.70. The van der Waals surface area contributed by atoms with Crippen LogP contribution >= 0.6 is 27.3 Å². The molecule has 0 amide bonds. The predicted octanol–water partition coefficient (Wildman–Crippen LogP) is 4.14. The van der Waals surface area contributed by atoms with E-state index in [0.29, 0.717) is 6.04 Å². The normalized spacial score (nSPS) is 13.0. The summed E-state index contributed by atoms with van der Waals surface area (Å²) in [5.74, 6) is 0. The third kappa shape index (κ3) is 5.09. The maximum atomic E-state index is 4.34. The summed E-state index contributed by atoms with van der Waals surface area (Å²) in [6.07, 6.45) is 7.12. The second-order valence-corrected chi connectivity index (χ2v) is 6.18. The lowest BCUT2D eigenvalue weighted by Gasteiger charge is -2.10. The molecule has 0 saturated carbocycles. The highest BCUT2D eigenvalue weighted by Gasteiger charge is 2.08. The zero-order chi connectivity index (χ0) is 11.1. The predicted molar refractivity (Wildman–Crippen MR) is 70.4 cm³/mol. The lowest BCUT2D eigenvalue weighted by Crippen LogP contribution is -2.19. The number of nitrogens with one attached hydrogen (secondary N) is 1. The van der Waals surface area contributed by atoms with Gasteiger partial charge in [-0.05, 0) is 35.8 Å². The second kappa shape index (κ2) is 7.36. The first-order valence-electron chi connectivity index (χ1n) is 5.58. The maximum absolute atomic E-state index is 4.34. The van der Waals surface area contributed by atoms with E-state index in [0.717, 1.165) is 15.3 Å². The Bertz CT molecular complexity index is 275. The van der Waals surface area contributed by atoms with Crippen LogP contribution in [0.2, 0.25) is 0 Å². The molecule has 0 fully saturated rings. The van der Waals surface area contributed by atoms with Crippen LogP contribution in [0.5, 0.6) is 0 Å². The molecule has 2 nitrogen and oxygen atoms in total. The molecule has 1 aromatic heterocycles. The van der Waals surface area contributed by atoms with Gasteiger partial charge in [0.05, 0.1) is 16.0 Å². The molecule has 1 unspecified atom stereocenters. The van der Waals surface area contributed by atoms with Crippen LogP contribution in [0.3, 0.4) is 0 Å². The zero-order valence-corrected chi connectivity index (χ0v) is 11.8. The Morgan fingerprint density at radius 2 is 2.27 bits per heavy atom. The van der Waals surface area contributed by atoms with Gasteiger partial charge in [-0.15, -0.1) is 11.3 Å². The van der Waals surface area contributed by atoms with E-state index in [1.165, 1.54) is 25.7 Å². The Morgan fingerprint density at radius 3 is 2.87 bits per heavy atom. The molecule has 15 heavy (non-hydrogen) atoms. The van der Waals surface area contributed by atoms with Gasteiger partial charge in [-0.25, -0.2) is 4.98 Å². The minimum Gasteiger partial charge on any atom is -0.308 e. The molecule has 0 aliphatic carbocycles. The maximum Gasteiger partial charge on any atom is 0.110 e. The standard InChI is InChI=1S/C11H19BrN2S/c1-3-4-5-6-7-13-9(2)11-14-8-10(12)15-11/h8-9,13H,3-7H2,1-2H3. The van der Waals surface area contributed by atoms with Crippen LogP contribution < -0.4 is 5.32 Å². The summed E-state index contributed by atoms with van der Waals surface area (Å²) in [7, 11) is 0. The number of nitrogens with zero attached hydrogens (tertiary/aromatic N) is 1. The van der Waals surface area contributed by atoms with Gasteiger partial charge in [-0.1, -0.05) is 26.2 Å². The van der Waals surface area contributed by atoms with Crippen molar-refractivity contribution in [2.45, 2.75) is 45.6 Å². The summed E-state index contributed by atoms with van der Waals surface area (Å²) in [6.45, 7) is 5.51. The zero-order valence-electron chi connectivity index (χ0n) is 9.42. The number of unbranched alkanes of at least 4 members (excludes halogenated alkanes) is 3. The summed E-state index contributed by atoms with van der Waals surface area (Å²) >= 11 is 5.14. The first-order chi connectivity index (χ1) is 7.24.